The molecule has 1 aliphatic carbocycles. The molecule has 0 saturated heterocycles. The molecule has 2 N–H and O–H groups in total. The fourth-order valence-electron chi connectivity index (χ4n) is 4.37. The largest absolute Gasteiger partial charge is 0.496 e. The first kappa shape index (κ1) is 19.5. The highest BCUT2D eigenvalue weighted by Gasteiger charge is 2.31. The van der Waals surface area contributed by atoms with Gasteiger partial charge in [0.15, 0.2) is 5.65 Å². The van der Waals surface area contributed by atoms with E-state index in [0.29, 0.717) is 29.1 Å². The van der Waals surface area contributed by atoms with Gasteiger partial charge in [-0.1, -0.05) is 0 Å². The third kappa shape index (κ3) is 3.61. The van der Waals surface area contributed by atoms with Crippen LogP contribution >= 0.6 is 0 Å². The number of nitrogens with one attached hydrogen (secondary N) is 1. The lowest BCUT2D eigenvalue weighted by atomic mass is 9.83. The average molecular weight is 420 g/mol. The lowest BCUT2D eigenvalue weighted by Crippen LogP contribution is -2.33. The van der Waals surface area contributed by atoms with Crippen molar-refractivity contribution in [2.24, 2.45) is 0 Å². The van der Waals surface area contributed by atoms with E-state index in [1.54, 1.807) is 41.3 Å². The van der Waals surface area contributed by atoms with Crippen LogP contribution in [-0.4, -0.2) is 48.1 Å². The van der Waals surface area contributed by atoms with Crippen molar-refractivity contribution in [3.8, 4) is 5.75 Å². The van der Waals surface area contributed by atoms with Gasteiger partial charge in [0.1, 0.15) is 11.4 Å². The van der Waals surface area contributed by atoms with Crippen molar-refractivity contribution in [1.82, 2.24) is 24.4 Å². The number of ether oxygens (including phenoxy) is 1. The molecule has 1 aromatic carbocycles. The van der Waals surface area contributed by atoms with Crippen LogP contribution in [0.2, 0.25) is 0 Å². The highest BCUT2D eigenvalue weighted by molar-refractivity contribution is 6.09. The molecule has 9 nitrogen and oxygen atoms in total. The molecule has 9 heteroatoms. The lowest BCUT2D eigenvalue weighted by Gasteiger charge is -2.33. The molecule has 0 bridgehead atoms. The van der Waals surface area contributed by atoms with Crippen molar-refractivity contribution < 1.29 is 14.6 Å². The predicted octanol–water partition coefficient (Wildman–Crippen LogP) is 3.21. The first-order valence-electron chi connectivity index (χ1n) is 10.3. The number of carbonyl (C=O) groups is 1. The number of carbonyl (C=O) groups excluding carboxylic acids is 1. The van der Waals surface area contributed by atoms with E-state index >= 15 is 0 Å². The van der Waals surface area contributed by atoms with Crippen LogP contribution in [-0.2, 0) is 0 Å². The van der Waals surface area contributed by atoms with Crippen LogP contribution in [0.3, 0.4) is 0 Å². The van der Waals surface area contributed by atoms with Gasteiger partial charge < -0.3 is 15.2 Å². The van der Waals surface area contributed by atoms with Crippen molar-refractivity contribution in [3.63, 3.8) is 0 Å². The molecular formula is C22H24N6O3. The maximum absolute atomic E-state index is 13.1. The molecule has 4 aromatic rings. The van der Waals surface area contributed by atoms with Crippen LogP contribution in [0.4, 0.5) is 5.69 Å². The second-order valence-corrected chi connectivity index (χ2v) is 8.37. The summed E-state index contributed by atoms with van der Waals surface area (Å²) >= 11 is 0. The van der Waals surface area contributed by atoms with Gasteiger partial charge in [-0.05, 0) is 44.7 Å². The molecule has 1 aliphatic rings. The molecule has 1 saturated carbocycles. The molecule has 5 rings (SSSR count). The Kier molecular flexibility index (Phi) is 4.62. The van der Waals surface area contributed by atoms with Crippen LogP contribution in [0.25, 0.3) is 16.6 Å². The van der Waals surface area contributed by atoms with Gasteiger partial charge in [-0.2, -0.15) is 10.2 Å². The van der Waals surface area contributed by atoms with Gasteiger partial charge in [0.25, 0.3) is 5.91 Å². The van der Waals surface area contributed by atoms with Gasteiger partial charge >= 0.3 is 0 Å². The van der Waals surface area contributed by atoms with Gasteiger partial charge in [-0.3, -0.25) is 9.48 Å². The molecule has 160 valence electrons. The van der Waals surface area contributed by atoms with E-state index in [4.69, 9.17) is 9.84 Å². The van der Waals surface area contributed by atoms with E-state index in [-0.39, 0.29) is 11.9 Å². The Morgan fingerprint density at radius 1 is 1.39 bits per heavy atom. The van der Waals surface area contributed by atoms with Gasteiger partial charge in [0, 0.05) is 30.0 Å². The van der Waals surface area contributed by atoms with Gasteiger partial charge in [0.2, 0.25) is 0 Å². The van der Waals surface area contributed by atoms with Crippen molar-refractivity contribution in [2.75, 3.05) is 12.4 Å². The van der Waals surface area contributed by atoms with Crippen LogP contribution in [0, 0.1) is 0 Å². The molecule has 2 atom stereocenters. The fourth-order valence-corrected chi connectivity index (χ4v) is 4.37. The third-order valence-corrected chi connectivity index (χ3v) is 5.92. The number of hydrogen-bond donors (Lipinski definition) is 2. The molecule has 1 amide bonds. The molecule has 0 radical (unpaired) electrons. The topological polar surface area (TPSA) is 107 Å². The molecule has 3 aromatic heterocycles. The minimum Gasteiger partial charge on any atom is -0.496 e. The molecule has 3 heterocycles. The quantitative estimate of drug-likeness (QED) is 0.525. The lowest BCUT2D eigenvalue weighted by molar-refractivity contribution is 0.00191. The van der Waals surface area contributed by atoms with Gasteiger partial charge in [-0.15, -0.1) is 0 Å². The van der Waals surface area contributed by atoms with Crippen molar-refractivity contribution in [2.45, 2.75) is 44.2 Å². The number of aromatic nitrogens is 5. The summed E-state index contributed by atoms with van der Waals surface area (Å²) in [5.41, 5.74) is 1.56. The molecule has 0 unspecified atom stereocenters. The molecule has 0 spiro atoms. The number of anilines is 1. The van der Waals surface area contributed by atoms with Crippen LogP contribution in [0.15, 0.2) is 43.0 Å². The standard InChI is InChI=1S/C22H24N6O3/c1-22(30)6-3-5-15(11-22)28-13-14-9-16(19(31-2)10-17(14)26-28)21(29)25-18-12-24-27-8-4-7-23-20(18)27/h4,7-10,12-13,15,30H,3,5-6,11H2,1-2H3,(H,25,29)/t15-,22-/m1/s1. The summed E-state index contributed by atoms with van der Waals surface area (Å²) in [7, 11) is 1.53. The Morgan fingerprint density at radius 3 is 3.06 bits per heavy atom. The molecule has 31 heavy (non-hydrogen) atoms. The summed E-state index contributed by atoms with van der Waals surface area (Å²) in [4.78, 5) is 17.3. The summed E-state index contributed by atoms with van der Waals surface area (Å²) < 4.78 is 8.99. The summed E-state index contributed by atoms with van der Waals surface area (Å²) in [5.74, 6) is 0.128. The summed E-state index contributed by atoms with van der Waals surface area (Å²) in [6.07, 6.45) is 10.3. The van der Waals surface area contributed by atoms with Gasteiger partial charge in [-0.25, -0.2) is 9.50 Å². The second-order valence-electron chi connectivity index (χ2n) is 8.37. The summed E-state index contributed by atoms with van der Waals surface area (Å²) in [6.45, 7) is 1.88. The van der Waals surface area contributed by atoms with Gasteiger partial charge in [0.05, 0.1) is 36.0 Å². The van der Waals surface area contributed by atoms with E-state index in [1.165, 1.54) is 7.11 Å². The zero-order valence-electron chi connectivity index (χ0n) is 17.4. The van der Waals surface area contributed by atoms with E-state index in [1.807, 2.05) is 17.8 Å². The van der Waals surface area contributed by atoms with Crippen LogP contribution in [0.1, 0.15) is 49.0 Å². The number of fused-ring (bicyclic) bond motifs is 2. The third-order valence-electron chi connectivity index (χ3n) is 5.92. The first-order chi connectivity index (χ1) is 14.9. The van der Waals surface area contributed by atoms with E-state index in [2.05, 4.69) is 15.4 Å². The maximum atomic E-state index is 13.1. The van der Waals surface area contributed by atoms with E-state index < -0.39 is 5.60 Å². The average Bonchev–Trinajstić information content (AvgIpc) is 3.36. The van der Waals surface area contributed by atoms with Crippen LogP contribution < -0.4 is 10.1 Å². The number of nitrogens with zero attached hydrogens (tertiary/aromatic N) is 5. The van der Waals surface area contributed by atoms with Crippen LogP contribution in [0.5, 0.6) is 5.75 Å². The second kappa shape index (κ2) is 7.35. The normalized spacial score (nSPS) is 21.5. The Balaban J connectivity index is 1.47. The molecular weight excluding hydrogens is 396 g/mol. The van der Waals surface area contributed by atoms with Crippen molar-refractivity contribution in [1.29, 1.82) is 0 Å². The highest BCUT2D eigenvalue weighted by Crippen LogP contribution is 2.36. The number of methoxy groups -OCH3 is 1. The SMILES string of the molecule is COc1cc2nn([C@@H]3CCC[C@@](C)(O)C3)cc2cc1C(=O)Nc1cnn2cccnc12. The summed E-state index contributed by atoms with van der Waals surface area (Å²) in [6, 6.07) is 5.46. The zero-order valence-corrected chi connectivity index (χ0v) is 17.4. The Hall–Kier alpha value is -3.46. The first-order valence-corrected chi connectivity index (χ1v) is 10.3. The van der Waals surface area contributed by atoms with E-state index in [0.717, 1.165) is 30.2 Å². The number of aliphatic hydroxyl groups is 1. The maximum Gasteiger partial charge on any atom is 0.259 e. The number of amides is 1. The Bertz CT molecular complexity index is 1270. The highest BCUT2D eigenvalue weighted by atomic mass is 16.5. The molecule has 0 aliphatic heterocycles. The number of rotatable bonds is 4. The monoisotopic (exact) mass is 420 g/mol. The van der Waals surface area contributed by atoms with Crippen molar-refractivity contribution in [3.05, 3.63) is 48.5 Å². The molecule has 1 fully saturated rings. The Labute approximate surface area is 178 Å². The predicted molar refractivity (Wildman–Crippen MR) is 115 cm³/mol. The zero-order chi connectivity index (χ0) is 21.6. The minimum absolute atomic E-state index is 0.129. The van der Waals surface area contributed by atoms with Crippen molar-refractivity contribution >= 4 is 28.1 Å². The number of benzene rings is 1. The summed E-state index contributed by atoms with van der Waals surface area (Å²) in [5, 5.41) is 23.1. The number of hydrogen-bond acceptors (Lipinski definition) is 6. The minimum atomic E-state index is -0.674. The smallest absolute Gasteiger partial charge is 0.259 e. The Morgan fingerprint density at radius 2 is 2.26 bits per heavy atom. The van der Waals surface area contributed by atoms with E-state index in [9.17, 15) is 9.90 Å². The fraction of sp³-hybridized carbons (Fsp3) is 0.364.